The molecule has 3 aromatic carbocycles. The van der Waals surface area contributed by atoms with E-state index < -0.39 is 0 Å². The number of hydrazone groups is 1. The van der Waals surface area contributed by atoms with Gasteiger partial charge in [0.2, 0.25) is 0 Å². The fraction of sp³-hybridized carbons (Fsp3) is 0.120. The van der Waals surface area contributed by atoms with Crippen LogP contribution in [0.4, 0.5) is 4.39 Å². The Bertz CT molecular complexity index is 1220. The number of fused-ring (bicyclic) bond motifs is 1. The Morgan fingerprint density at radius 1 is 1.00 bits per heavy atom. The molecule has 1 heterocycles. The first-order chi connectivity index (χ1) is 14.5. The normalized spacial score (nSPS) is 11.3. The van der Waals surface area contributed by atoms with E-state index in [1.165, 1.54) is 35.4 Å². The average molecular weight is 399 g/mol. The van der Waals surface area contributed by atoms with Crippen LogP contribution in [0.15, 0.2) is 77.9 Å². The molecule has 0 atom stereocenters. The van der Waals surface area contributed by atoms with E-state index in [9.17, 15) is 9.18 Å². The monoisotopic (exact) mass is 399 g/mol. The molecule has 0 bridgehead atoms. The molecular weight excluding hydrogens is 377 g/mol. The second kappa shape index (κ2) is 8.33. The Hall–Kier alpha value is -3.73. The number of aryl methyl sites for hydroxylation is 1. The molecule has 0 aliphatic carbocycles. The number of halogens is 1. The number of carbonyl (C=O) groups is 1. The lowest BCUT2D eigenvalue weighted by Gasteiger charge is -2.09. The number of benzene rings is 3. The Morgan fingerprint density at radius 2 is 1.70 bits per heavy atom. The zero-order chi connectivity index (χ0) is 21.1. The van der Waals surface area contributed by atoms with Crippen LogP contribution in [0.25, 0.3) is 10.9 Å². The first kappa shape index (κ1) is 19.6. The summed E-state index contributed by atoms with van der Waals surface area (Å²) in [6.45, 7) is 4.88. The van der Waals surface area contributed by atoms with Crippen LogP contribution in [0.2, 0.25) is 0 Å². The van der Waals surface area contributed by atoms with E-state index in [1.54, 1.807) is 6.21 Å². The number of rotatable bonds is 5. The lowest BCUT2D eigenvalue weighted by atomic mass is 10.1. The van der Waals surface area contributed by atoms with Crippen molar-refractivity contribution in [1.29, 1.82) is 0 Å². The molecule has 0 aliphatic heterocycles. The van der Waals surface area contributed by atoms with E-state index in [0.29, 0.717) is 5.56 Å². The predicted octanol–water partition coefficient (Wildman–Crippen LogP) is 5.21. The number of aromatic nitrogens is 1. The standard InChI is InChI=1S/C25H22FN3O/c1-17-7-9-19(10-8-17)16-29-18(2)23(22-5-3-4-6-24(22)29)15-27-28-25(30)20-11-13-21(26)14-12-20/h3-15H,16H2,1-2H3,(H,28,30)/b27-15-. The number of hydrogen-bond acceptors (Lipinski definition) is 2. The van der Waals surface area contributed by atoms with Crippen LogP contribution in [-0.4, -0.2) is 16.7 Å². The highest BCUT2D eigenvalue weighted by molar-refractivity contribution is 6.02. The average Bonchev–Trinajstić information content (AvgIpc) is 3.01. The van der Waals surface area contributed by atoms with Gasteiger partial charge in [-0.15, -0.1) is 0 Å². The SMILES string of the molecule is Cc1ccc(Cn2c(C)c(/C=N\NC(=O)c3ccc(F)cc3)c3ccccc32)cc1. The van der Waals surface area contributed by atoms with E-state index in [1.807, 2.05) is 12.1 Å². The molecule has 0 saturated heterocycles. The second-order valence-corrected chi connectivity index (χ2v) is 7.29. The maximum Gasteiger partial charge on any atom is 0.271 e. The van der Waals surface area contributed by atoms with Gasteiger partial charge in [-0.05, 0) is 49.7 Å². The van der Waals surface area contributed by atoms with Crippen LogP contribution >= 0.6 is 0 Å². The first-order valence-corrected chi connectivity index (χ1v) is 9.75. The summed E-state index contributed by atoms with van der Waals surface area (Å²) in [5, 5.41) is 5.22. The van der Waals surface area contributed by atoms with Gasteiger partial charge in [-0.1, -0.05) is 48.0 Å². The van der Waals surface area contributed by atoms with Gasteiger partial charge in [-0.3, -0.25) is 4.79 Å². The molecule has 0 unspecified atom stereocenters. The summed E-state index contributed by atoms with van der Waals surface area (Å²) in [5.41, 5.74) is 8.47. The van der Waals surface area contributed by atoms with Crippen LogP contribution < -0.4 is 5.43 Å². The van der Waals surface area contributed by atoms with E-state index in [0.717, 1.165) is 28.7 Å². The smallest absolute Gasteiger partial charge is 0.271 e. The molecule has 4 nitrogen and oxygen atoms in total. The van der Waals surface area contributed by atoms with Crippen molar-refractivity contribution in [3.05, 3.63) is 107 Å². The van der Waals surface area contributed by atoms with Gasteiger partial charge >= 0.3 is 0 Å². The minimum atomic E-state index is -0.382. The van der Waals surface area contributed by atoms with E-state index >= 15 is 0 Å². The molecule has 4 aromatic rings. The Balaban J connectivity index is 1.61. The first-order valence-electron chi connectivity index (χ1n) is 9.75. The van der Waals surface area contributed by atoms with Crippen LogP contribution in [0.1, 0.15) is 32.7 Å². The third-order valence-corrected chi connectivity index (χ3v) is 5.21. The van der Waals surface area contributed by atoms with E-state index in [4.69, 9.17) is 0 Å². The van der Waals surface area contributed by atoms with E-state index in [2.05, 4.69) is 65.3 Å². The van der Waals surface area contributed by atoms with Crippen molar-refractivity contribution >= 4 is 23.0 Å². The minimum absolute atomic E-state index is 0.354. The third-order valence-electron chi connectivity index (χ3n) is 5.21. The van der Waals surface area contributed by atoms with Crippen molar-refractivity contribution in [3.8, 4) is 0 Å². The largest absolute Gasteiger partial charge is 0.340 e. The molecule has 1 aromatic heterocycles. The van der Waals surface area contributed by atoms with Crippen molar-refractivity contribution < 1.29 is 9.18 Å². The Morgan fingerprint density at radius 3 is 2.43 bits per heavy atom. The molecule has 0 radical (unpaired) electrons. The number of nitrogens with zero attached hydrogens (tertiary/aromatic N) is 2. The molecule has 0 aliphatic rings. The highest BCUT2D eigenvalue weighted by Crippen LogP contribution is 2.25. The lowest BCUT2D eigenvalue weighted by molar-refractivity contribution is 0.0955. The summed E-state index contributed by atoms with van der Waals surface area (Å²) in [6.07, 6.45) is 1.67. The Kier molecular flexibility index (Phi) is 5.44. The third kappa shape index (κ3) is 4.01. The molecule has 1 amide bonds. The number of carbonyl (C=O) groups excluding carboxylic acids is 1. The zero-order valence-corrected chi connectivity index (χ0v) is 16.9. The summed E-state index contributed by atoms with van der Waals surface area (Å²) in [4.78, 5) is 12.2. The fourth-order valence-electron chi connectivity index (χ4n) is 3.52. The number of amides is 1. The molecule has 30 heavy (non-hydrogen) atoms. The van der Waals surface area contributed by atoms with Gasteiger partial charge in [0.15, 0.2) is 0 Å². The summed E-state index contributed by atoms with van der Waals surface area (Å²) < 4.78 is 15.3. The maximum atomic E-state index is 13.0. The topological polar surface area (TPSA) is 46.4 Å². The van der Waals surface area contributed by atoms with Gasteiger partial charge in [0.05, 0.1) is 6.21 Å². The zero-order valence-electron chi connectivity index (χ0n) is 16.9. The van der Waals surface area contributed by atoms with Crippen molar-refractivity contribution in [2.75, 3.05) is 0 Å². The molecule has 5 heteroatoms. The quantitative estimate of drug-likeness (QED) is 0.363. The number of hydrogen-bond donors (Lipinski definition) is 1. The van der Waals surface area contributed by atoms with Crippen molar-refractivity contribution in [1.82, 2.24) is 9.99 Å². The number of nitrogens with one attached hydrogen (secondary N) is 1. The van der Waals surface area contributed by atoms with Crippen LogP contribution in [0, 0.1) is 19.7 Å². The summed E-state index contributed by atoms with van der Waals surface area (Å²) >= 11 is 0. The highest BCUT2D eigenvalue weighted by Gasteiger charge is 2.13. The molecule has 4 rings (SSSR count). The van der Waals surface area contributed by atoms with Gasteiger partial charge < -0.3 is 4.57 Å². The van der Waals surface area contributed by atoms with Gasteiger partial charge in [0, 0.05) is 34.3 Å². The summed E-state index contributed by atoms with van der Waals surface area (Å²) in [5.74, 6) is -0.764. The van der Waals surface area contributed by atoms with E-state index in [-0.39, 0.29) is 11.7 Å². The number of para-hydroxylation sites is 1. The Labute approximate surface area is 174 Å². The van der Waals surface area contributed by atoms with Gasteiger partial charge in [-0.25, -0.2) is 9.82 Å². The molecule has 0 saturated carbocycles. The van der Waals surface area contributed by atoms with Gasteiger partial charge in [0.1, 0.15) is 5.82 Å². The minimum Gasteiger partial charge on any atom is -0.340 e. The highest BCUT2D eigenvalue weighted by atomic mass is 19.1. The van der Waals surface area contributed by atoms with Crippen molar-refractivity contribution in [2.45, 2.75) is 20.4 Å². The van der Waals surface area contributed by atoms with Crippen molar-refractivity contribution in [3.63, 3.8) is 0 Å². The van der Waals surface area contributed by atoms with Crippen LogP contribution in [0.3, 0.4) is 0 Å². The van der Waals surface area contributed by atoms with Crippen LogP contribution in [0.5, 0.6) is 0 Å². The van der Waals surface area contributed by atoms with Crippen LogP contribution in [-0.2, 0) is 6.54 Å². The van der Waals surface area contributed by atoms with Gasteiger partial charge in [0.25, 0.3) is 5.91 Å². The maximum absolute atomic E-state index is 13.0. The van der Waals surface area contributed by atoms with Gasteiger partial charge in [-0.2, -0.15) is 5.10 Å². The molecular formula is C25H22FN3O. The molecule has 0 spiro atoms. The molecule has 150 valence electrons. The lowest BCUT2D eigenvalue weighted by Crippen LogP contribution is -2.17. The molecule has 0 fully saturated rings. The fourth-order valence-corrected chi connectivity index (χ4v) is 3.52. The summed E-state index contributed by atoms with van der Waals surface area (Å²) in [6, 6.07) is 22.0. The second-order valence-electron chi connectivity index (χ2n) is 7.29. The summed E-state index contributed by atoms with van der Waals surface area (Å²) in [7, 11) is 0. The molecule has 1 N–H and O–H groups in total. The van der Waals surface area contributed by atoms with Crippen molar-refractivity contribution in [2.24, 2.45) is 5.10 Å². The predicted molar refractivity (Wildman–Crippen MR) is 118 cm³/mol.